The Morgan fingerprint density at radius 2 is 2.00 bits per heavy atom. The van der Waals surface area contributed by atoms with Crippen LogP contribution in [0.3, 0.4) is 0 Å². The third-order valence-corrected chi connectivity index (χ3v) is 4.44. The summed E-state index contributed by atoms with van der Waals surface area (Å²) in [5.74, 6) is -0.137. The Morgan fingerprint density at radius 1 is 1.30 bits per heavy atom. The van der Waals surface area contributed by atoms with Gasteiger partial charge in [-0.25, -0.2) is 9.18 Å². The van der Waals surface area contributed by atoms with Crippen molar-refractivity contribution in [2.75, 3.05) is 13.1 Å². The van der Waals surface area contributed by atoms with Crippen molar-refractivity contribution in [3.63, 3.8) is 0 Å². The van der Waals surface area contributed by atoms with Crippen molar-refractivity contribution in [2.45, 2.75) is 25.4 Å². The van der Waals surface area contributed by atoms with Gasteiger partial charge in [0.25, 0.3) is 0 Å². The molecule has 2 aromatic rings. The second kappa shape index (κ2) is 7.57. The van der Waals surface area contributed by atoms with Gasteiger partial charge in [0.05, 0.1) is 6.54 Å². The third kappa shape index (κ3) is 5.04. The first-order chi connectivity index (χ1) is 10.9. The lowest BCUT2D eigenvalue weighted by molar-refractivity contribution is 0.0593. The average Bonchev–Trinajstić information content (AvgIpc) is 3.05. The second-order valence-corrected chi connectivity index (χ2v) is 6.58. The maximum Gasteiger partial charge on any atom is 0.314 e. The molecular weight excluding hydrogens is 315 g/mol. The number of thiophene rings is 1. The molecule has 0 aliphatic carbocycles. The van der Waals surface area contributed by atoms with E-state index in [2.05, 4.69) is 16.0 Å². The van der Waals surface area contributed by atoms with E-state index in [0.29, 0.717) is 12.1 Å². The highest BCUT2D eigenvalue weighted by Crippen LogP contribution is 2.20. The number of hydrogen-bond donors (Lipinski definition) is 3. The molecule has 1 aromatic carbocycles. The molecule has 0 aliphatic rings. The molecular formula is C17H21FN2O2S. The van der Waals surface area contributed by atoms with Crippen molar-refractivity contribution < 1.29 is 14.3 Å². The summed E-state index contributed by atoms with van der Waals surface area (Å²) in [6, 6.07) is 7.28. The Hall–Kier alpha value is -1.92. The minimum atomic E-state index is -1.26. The van der Waals surface area contributed by atoms with E-state index in [0.717, 1.165) is 0 Å². The average molecular weight is 336 g/mol. The molecule has 0 bridgehead atoms. The fraction of sp³-hybridized carbons (Fsp3) is 0.353. The zero-order valence-corrected chi connectivity index (χ0v) is 14.0. The van der Waals surface area contributed by atoms with Crippen LogP contribution < -0.4 is 10.6 Å². The van der Waals surface area contributed by atoms with Crippen LogP contribution in [0.15, 0.2) is 41.1 Å². The number of rotatable bonds is 6. The fourth-order valence-corrected chi connectivity index (χ4v) is 2.93. The van der Waals surface area contributed by atoms with Crippen LogP contribution in [-0.4, -0.2) is 24.2 Å². The van der Waals surface area contributed by atoms with E-state index in [1.54, 1.807) is 18.3 Å². The molecule has 0 saturated heterocycles. The minimum Gasteiger partial charge on any atom is -0.384 e. The highest BCUT2D eigenvalue weighted by Gasteiger charge is 2.23. The summed E-state index contributed by atoms with van der Waals surface area (Å²) < 4.78 is 12.9. The van der Waals surface area contributed by atoms with E-state index in [1.807, 2.05) is 18.4 Å². The zero-order chi connectivity index (χ0) is 16.9. The maximum atomic E-state index is 12.9. The van der Waals surface area contributed by atoms with Crippen LogP contribution in [-0.2, 0) is 5.60 Å². The highest BCUT2D eigenvalue weighted by molar-refractivity contribution is 7.07. The largest absolute Gasteiger partial charge is 0.384 e. The molecule has 1 heterocycles. The van der Waals surface area contributed by atoms with Crippen LogP contribution in [0.5, 0.6) is 0 Å². The Balaban J connectivity index is 1.80. The lowest BCUT2D eigenvalue weighted by Gasteiger charge is -2.24. The number of halogens is 1. The number of urea groups is 1. The van der Waals surface area contributed by atoms with Crippen molar-refractivity contribution in [3.05, 3.63) is 58.0 Å². The molecule has 1 aromatic heterocycles. The highest BCUT2D eigenvalue weighted by atomic mass is 32.1. The van der Waals surface area contributed by atoms with E-state index in [4.69, 9.17) is 0 Å². The third-order valence-electron chi connectivity index (χ3n) is 3.74. The van der Waals surface area contributed by atoms with Crippen LogP contribution >= 0.6 is 11.3 Å². The summed E-state index contributed by atoms with van der Waals surface area (Å²) in [7, 11) is 0. The summed E-state index contributed by atoms with van der Waals surface area (Å²) in [5.41, 5.74) is 0.476. The van der Waals surface area contributed by atoms with Crippen LogP contribution in [0, 0.1) is 5.82 Å². The Bertz CT molecular complexity index is 627. The maximum absolute atomic E-state index is 12.9. The molecule has 2 rings (SSSR count). The van der Waals surface area contributed by atoms with Gasteiger partial charge in [-0.3, -0.25) is 0 Å². The van der Waals surface area contributed by atoms with Crippen LogP contribution in [0.25, 0.3) is 0 Å². The molecule has 0 radical (unpaired) electrons. The van der Waals surface area contributed by atoms with Gasteiger partial charge in [0.15, 0.2) is 0 Å². The molecule has 4 nitrogen and oxygen atoms in total. The van der Waals surface area contributed by atoms with Gasteiger partial charge in [-0.15, -0.1) is 0 Å². The topological polar surface area (TPSA) is 61.4 Å². The van der Waals surface area contributed by atoms with E-state index in [-0.39, 0.29) is 24.3 Å². The fourth-order valence-electron chi connectivity index (χ4n) is 2.14. The van der Waals surface area contributed by atoms with Crippen LogP contribution in [0.4, 0.5) is 9.18 Å². The van der Waals surface area contributed by atoms with Gasteiger partial charge in [-0.2, -0.15) is 11.3 Å². The molecule has 2 amide bonds. The predicted octanol–water partition coefficient (Wildman–Crippen LogP) is 3.20. The molecule has 6 heteroatoms. The minimum absolute atomic E-state index is 0.0390. The monoisotopic (exact) mass is 336 g/mol. The van der Waals surface area contributed by atoms with Crippen molar-refractivity contribution in [3.8, 4) is 0 Å². The molecule has 23 heavy (non-hydrogen) atoms. The SMILES string of the molecule is CC(CNC(=O)NCC(C)(O)c1ccc(F)cc1)c1ccsc1. The molecule has 0 aliphatic heterocycles. The van der Waals surface area contributed by atoms with Gasteiger partial charge in [0.1, 0.15) is 11.4 Å². The van der Waals surface area contributed by atoms with Gasteiger partial charge in [-0.1, -0.05) is 19.1 Å². The molecule has 3 N–H and O–H groups in total. The standard InChI is InChI=1S/C17H21FN2O2S/c1-12(13-7-8-23-10-13)9-19-16(21)20-11-17(2,22)14-3-5-15(18)6-4-14/h3-8,10,12,22H,9,11H2,1-2H3,(H2,19,20,21). The first-order valence-corrected chi connectivity index (χ1v) is 8.35. The summed E-state index contributed by atoms with van der Waals surface area (Å²) >= 11 is 1.63. The van der Waals surface area contributed by atoms with E-state index in [1.165, 1.54) is 29.8 Å². The molecule has 0 saturated carbocycles. The van der Waals surface area contributed by atoms with Gasteiger partial charge < -0.3 is 15.7 Å². The van der Waals surface area contributed by atoms with Crippen LogP contribution in [0.1, 0.15) is 30.9 Å². The number of amides is 2. The van der Waals surface area contributed by atoms with Crippen molar-refractivity contribution >= 4 is 17.4 Å². The number of carbonyl (C=O) groups excluding carboxylic acids is 1. The lowest BCUT2D eigenvalue weighted by Crippen LogP contribution is -2.44. The number of hydrogen-bond acceptors (Lipinski definition) is 3. The van der Waals surface area contributed by atoms with Gasteiger partial charge in [0, 0.05) is 6.54 Å². The molecule has 2 unspecified atom stereocenters. The number of aliphatic hydroxyl groups is 1. The Morgan fingerprint density at radius 3 is 2.61 bits per heavy atom. The number of benzene rings is 1. The normalized spacial score (nSPS) is 14.8. The Kier molecular flexibility index (Phi) is 5.74. The number of carbonyl (C=O) groups is 1. The molecule has 124 valence electrons. The molecule has 0 fully saturated rings. The first-order valence-electron chi connectivity index (χ1n) is 7.41. The first kappa shape index (κ1) is 17.4. The molecule has 0 spiro atoms. The second-order valence-electron chi connectivity index (χ2n) is 5.80. The van der Waals surface area contributed by atoms with Gasteiger partial charge >= 0.3 is 6.03 Å². The zero-order valence-electron chi connectivity index (χ0n) is 13.2. The van der Waals surface area contributed by atoms with Crippen molar-refractivity contribution in [2.24, 2.45) is 0 Å². The van der Waals surface area contributed by atoms with Gasteiger partial charge in [-0.05, 0) is 52.9 Å². The summed E-state index contributed by atoms with van der Waals surface area (Å²) in [4.78, 5) is 11.9. The van der Waals surface area contributed by atoms with E-state index in [9.17, 15) is 14.3 Å². The van der Waals surface area contributed by atoms with Crippen LogP contribution in [0.2, 0.25) is 0 Å². The summed E-state index contributed by atoms with van der Waals surface area (Å²) in [6.45, 7) is 4.17. The number of nitrogens with one attached hydrogen (secondary N) is 2. The smallest absolute Gasteiger partial charge is 0.314 e. The molecule has 2 atom stereocenters. The van der Waals surface area contributed by atoms with Crippen molar-refractivity contribution in [1.29, 1.82) is 0 Å². The van der Waals surface area contributed by atoms with E-state index < -0.39 is 5.60 Å². The van der Waals surface area contributed by atoms with Crippen molar-refractivity contribution in [1.82, 2.24) is 10.6 Å². The quantitative estimate of drug-likeness (QED) is 0.759. The summed E-state index contributed by atoms with van der Waals surface area (Å²) in [6.07, 6.45) is 0. The van der Waals surface area contributed by atoms with Gasteiger partial charge in [0.2, 0.25) is 0 Å². The summed E-state index contributed by atoms with van der Waals surface area (Å²) in [5, 5.41) is 19.9. The van der Waals surface area contributed by atoms with E-state index >= 15 is 0 Å². The Labute approximate surface area is 139 Å². The lowest BCUT2D eigenvalue weighted by atomic mass is 9.96. The predicted molar refractivity (Wildman–Crippen MR) is 90.1 cm³/mol.